The summed E-state index contributed by atoms with van der Waals surface area (Å²) >= 11 is 0. The number of carbonyl (C=O) groups is 2. The van der Waals surface area contributed by atoms with Gasteiger partial charge in [-0.1, -0.05) is 18.2 Å². The van der Waals surface area contributed by atoms with E-state index in [2.05, 4.69) is 15.7 Å². The number of amides is 3. The summed E-state index contributed by atoms with van der Waals surface area (Å²) in [5.41, 5.74) is 6.46. The minimum absolute atomic E-state index is 0.0401. The zero-order chi connectivity index (χ0) is 18.4. The molecule has 1 aromatic heterocycles. The fourth-order valence-electron chi connectivity index (χ4n) is 2.32. The quantitative estimate of drug-likeness (QED) is 0.713. The van der Waals surface area contributed by atoms with Gasteiger partial charge in [0.25, 0.3) is 0 Å². The van der Waals surface area contributed by atoms with E-state index in [1.807, 2.05) is 45.0 Å². The standard InChI is InChI=1S/C17H23N5O3/c1-11(2)25-15-7-5-4-6-14(15)12(3)20-17(24)21-13-8-19-22(9-13)10-16(18)23/h4-9,11-12H,10H2,1-3H3,(H2,18,23)(H2,20,21,24). The molecule has 0 fully saturated rings. The minimum Gasteiger partial charge on any atom is -0.491 e. The number of anilines is 1. The Balaban J connectivity index is 1.98. The molecule has 0 saturated carbocycles. The van der Waals surface area contributed by atoms with E-state index in [1.54, 1.807) is 0 Å². The van der Waals surface area contributed by atoms with Crippen molar-refractivity contribution < 1.29 is 14.3 Å². The number of urea groups is 1. The number of nitrogens with one attached hydrogen (secondary N) is 2. The van der Waals surface area contributed by atoms with E-state index in [0.29, 0.717) is 5.69 Å². The Kier molecular flexibility index (Phi) is 5.99. The lowest BCUT2D eigenvalue weighted by molar-refractivity contribution is -0.118. The summed E-state index contributed by atoms with van der Waals surface area (Å²) in [6.07, 6.45) is 3.02. The number of nitrogens with two attached hydrogens (primary N) is 1. The second-order valence-electron chi connectivity index (χ2n) is 5.92. The highest BCUT2D eigenvalue weighted by Crippen LogP contribution is 2.25. The number of ether oxygens (including phenoxy) is 1. The predicted molar refractivity (Wildman–Crippen MR) is 94.2 cm³/mol. The lowest BCUT2D eigenvalue weighted by atomic mass is 10.1. The van der Waals surface area contributed by atoms with E-state index in [4.69, 9.17) is 10.5 Å². The molecular weight excluding hydrogens is 322 g/mol. The van der Waals surface area contributed by atoms with E-state index in [9.17, 15) is 9.59 Å². The highest BCUT2D eigenvalue weighted by Gasteiger charge is 2.15. The van der Waals surface area contributed by atoms with Gasteiger partial charge in [0.05, 0.1) is 24.0 Å². The number of aromatic nitrogens is 2. The summed E-state index contributed by atoms with van der Waals surface area (Å²) in [4.78, 5) is 23.0. The molecule has 0 radical (unpaired) electrons. The molecule has 2 rings (SSSR count). The van der Waals surface area contributed by atoms with Gasteiger partial charge in [-0.05, 0) is 26.8 Å². The van der Waals surface area contributed by atoms with E-state index in [1.165, 1.54) is 17.1 Å². The Bertz CT molecular complexity index is 741. The molecule has 0 saturated heterocycles. The molecule has 0 aliphatic rings. The van der Waals surface area contributed by atoms with Gasteiger partial charge in [0.1, 0.15) is 12.3 Å². The topological polar surface area (TPSA) is 111 Å². The zero-order valence-corrected chi connectivity index (χ0v) is 14.5. The highest BCUT2D eigenvalue weighted by molar-refractivity contribution is 5.89. The van der Waals surface area contributed by atoms with Crippen molar-refractivity contribution in [3.63, 3.8) is 0 Å². The van der Waals surface area contributed by atoms with Gasteiger partial charge in [0.2, 0.25) is 5.91 Å². The van der Waals surface area contributed by atoms with Gasteiger partial charge in [0, 0.05) is 11.8 Å². The van der Waals surface area contributed by atoms with Gasteiger partial charge in [-0.25, -0.2) is 4.79 Å². The van der Waals surface area contributed by atoms with E-state index >= 15 is 0 Å². The molecule has 1 unspecified atom stereocenters. The van der Waals surface area contributed by atoms with Crippen LogP contribution in [0.15, 0.2) is 36.7 Å². The highest BCUT2D eigenvalue weighted by atomic mass is 16.5. The van der Waals surface area contributed by atoms with Crippen LogP contribution in [0.1, 0.15) is 32.4 Å². The van der Waals surface area contributed by atoms with Crippen molar-refractivity contribution >= 4 is 17.6 Å². The number of nitrogens with zero attached hydrogens (tertiary/aromatic N) is 2. The first-order chi connectivity index (χ1) is 11.8. The van der Waals surface area contributed by atoms with Gasteiger partial charge < -0.3 is 21.1 Å². The van der Waals surface area contributed by atoms with Crippen molar-refractivity contribution in [3.05, 3.63) is 42.2 Å². The molecular formula is C17H23N5O3. The average molecular weight is 345 g/mol. The third kappa shape index (κ3) is 5.52. The first-order valence-electron chi connectivity index (χ1n) is 7.99. The van der Waals surface area contributed by atoms with Crippen LogP contribution in [0.4, 0.5) is 10.5 Å². The maximum atomic E-state index is 12.2. The molecule has 2 aromatic rings. The van der Waals surface area contributed by atoms with Crippen LogP contribution in [-0.4, -0.2) is 27.8 Å². The van der Waals surface area contributed by atoms with Crippen molar-refractivity contribution in [1.29, 1.82) is 0 Å². The average Bonchev–Trinajstić information content (AvgIpc) is 2.93. The zero-order valence-electron chi connectivity index (χ0n) is 14.5. The second kappa shape index (κ2) is 8.18. The molecule has 0 aliphatic heterocycles. The Hall–Kier alpha value is -3.03. The maximum absolute atomic E-state index is 12.2. The third-order valence-electron chi connectivity index (χ3n) is 3.30. The Morgan fingerprint density at radius 1 is 1.28 bits per heavy atom. The Morgan fingerprint density at radius 3 is 2.68 bits per heavy atom. The fraction of sp³-hybridized carbons (Fsp3) is 0.353. The molecule has 8 heteroatoms. The molecule has 1 atom stereocenters. The van der Waals surface area contributed by atoms with Crippen molar-refractivity contribution in [1.82, 2.24) is 15.1 Å². The summed E-state index contributed by atoms with van der Waals surface area (Å²) in [5, 5.41) is 9.47. The van der Waals surface area contributed by atoms with E-state index in [0.717, 1.165) is 11.3 Å². The van der Waals surface area contributed by atoms with Crippen LogP contribution < -0.4 is 21.1 Å². The van der Waals surface area contributed by atoms with Crippen LogP contribution in [0.3, 0.4) is 0 Å². The number of primary amides is 1. The van der Waals surface area contributed by atoms with Crippen LogP contribution in [0.25, 0.3) is 0 Å². The summed E-state index contributed by atoms with van der Waals surface area (Å²) < 4.78 is 7.13. The largest absolute Gasteiger partial charge is 0.491 e. The van der Waals surface area contributed by atoms with E-state index < -0.39 is 5.91 Å². The maximum Gasteiger partial charge on any atom is 0.319 e. The smallest absolute Gasteiger partial charge is 0.319 e. The Labute approximate surface area is 146 Å². The molecule has 8 nitrogen and oxygen atoms in total. The van der Waals surface area contributed by atoms with Crippen molar-refractivity contribution in [3.8, 4) is 5.75 Å². The molecule has 4 N–H and O–H groups in total. The minimum atomic E-state index is -0.505. The first-order valence-corrected chi connectivity index (χ1v) is 7.99. The number of rotatable bonds is 7. The summed E-state index contributed by atoms with van der Waals surface area (Å²) in [7, 11) is 0. The third-order valence-corrected chi connectivity index (χ3v) is 3.30. The van der Waals surface area contributed by atoms with Gasteiger partial charge in [-0.3, -0.25) is 9.48 Å². The number of carbonyl (C=O) groups excluding carboxylic acids is 2. The summed E-state index contributed by atoms with van der Waals surface area (Å²) in [6.45, 7) is 5.73. The summed E-state index contributed by atoms with van der Waals surface area (Å²) in [5.74, 6) is 0.231. The van der Waals surface area contributed by atoms with Gasteiger partial charge in [-0.15, -0.1) is 0 Å². The molecule has 0 aliphatic carbocycles. The lowest BCUT2D eigenvalue weighted by Gasteiger charge is -2.19. The van der Waals surface area contributed by atoms with Crippen molar-refractivity contribution in [2.75, 3.05) is 5.32 Å². The number of benzene rings is 1. The van der Waals surface area contributed by atoms with Crippen molar-refractivity contribution in [2.45, 2.75) is 39.5 Å². The Morgan fingerprint density at radius 2 is 2.00 bits per heavy atom. The predicted octanol–water partition coefficient (Wildman–Crippen LogP) is 2.04. The molecule has 0 bridgehead atoms. The molecule has 0 spiro atoms. The fourth-order valence-corrected chi connectivity index (χ4v) is 2.32. The first kappa shape index (κ1) is 18.3. The number of hydrogen-bond acceptors (Lipinski definition) is 4. The van der Waals surface area contributed by atoms with Crippen LogP contribution in [-0.2, 0) is 11.3 Å². The lowest BCUT2D eigenvalue weighted by Crippen LogP contribution is -2.31. The normalized spacial score (nSPS) is 11.8. The molecule has 3 amide bonds. The number of para-hydroxylation sites is 1. The van der Waals surface area contributed by atoms with Crippen LogP contribution >= 0.6 is 0 Å². The molecule has 1 aromatic carbocycles. The number of hydrogen-bond donors (Lipinski definition) is 3. The second-order valence-corrected chi connectivity index (χ2v) is 5.92. The molecule has 1 heterocycles. The van der Waals surface area contributed by atoms with Crippen LogP contribution in [0.5, 0.6) is 5.75 Å². The van der Waals surface area contributed by atoms with Crippen molar-refractivity contribution in [2.24, 2.45) is 5.73 Å². The van der Waals surface area contributed by atoms with Gasteiger partial charge in [-0.2, -0.15) is 5.10 Å². The van der Waals surface area contributed by atoms with Gasteiger partial charge >= 0.3 is 6.03 Å². The monoisotopic (exact) mass is 345 g/mol. The van der Waals surface area contributed by atoms with Crippen LogP contribution in [0.2, 0.25) is 0 Å². The SMILES string of the molecule is CC(C)Oc1ccccc1C(C)NC(=O)Nc1cnn(CC(N)=O)c1. The van der Waals surface area contributed by atoms with E-state index in [-0.39, 0.29) is 24.7 Å². The molecule has 134 valence electrons. The van der Waals surface area contributed by atoms with Crippen LogP contribution in [0, 0.1) is 0 Å². The summed E-state index contributed by atoms with van der Waals surface area (Å²) in [6, 6.07) is 6.93. The van der Waals surface area contributed by atoms with Gasteiger partial charge in [0.15, 0.2) is 0 Å². The molecule has 25 heavy (non-hydrogen) atoms.